The van der Waals surface area contributed by atoms with Crippen LogP contribution in [0, 0.1) is 0 Å². The van der Waals surface area contributed by atoms with Crippen LogP contribution in [0.3, 0.4) is 0 Å². The summed E-state index contributed by atoms with van der Waals surface area (Å²) in [6, 6.07) is 8.26. The van der Waals surface area contributed by atoms with Crippen molar-refractivity contribution in [2.45, 2.75) is 32.4 Å². The number of hydrogen-bond acceptors (Lipinski definition) is 4. The molecule has 0 saturated carbocycles. The Morgan fingerprint density at radius 3 is 2.32 bits per heavy atom. The summed E-state index contributed by atoms with van der Waals surface area (Å²) in [5.41, 5.74) is 1.82. The van der Waals surface area contributed by atoms with Crippen LogP contribution in [0.4, 0.5) is 5.69 Å². The van der Waals surface area contributed by atoms with Gasteiger partial charge in [-0.1, -0.05) is 19.1 Å². The molecule has 1 saturated heterocycles. The molecule has 2 rings (SSSR count). The Bertz CT molecular complexity index is 564. The van der Waals surface area contributed by atoms with Crippen molar-refractivity contribution in [3.05, 3.63) is 29.8 Å². The van der Waals surface area contributed by atoms with E-state index in [1.54, 1.807) is 0 Å². The van der Waals surface area contributed by atoms with Gasteiger partial charge in [-0.05, 0) is 57.2 Å². The third kappa shape index (κ3) is 5.26. The second-order valence-corrected chi connectivity index (χ2v) is 7.90. The van der Waals surface area contributed by atoms with E-state index in [4.69, 9.17) is 0 Å². The van der Waals surface area contributed by atoms with Crippen LogP contribution in [0.2, 0.25) is 0 Å². The molecule has 0 amide bonds. The van der Waals surface area contributed by atoms with Crippen LogP contribution >= 0.6 is 0 Å². The van der Waals surface area contributed by atoms with Crippen molar-refractivity contribution in [3.63, 3.8) is 0 Å². The maximum absolute atomic E-state index is 11.2. The molecule has 1 fully saturated rings. The lowest BCUT2D eigenvalue weighted by Gasteiger charge is -2.36. The van der Waals surface area contributed by atoms with Gasteiger partial charge in [-0.3, -0.25) is 9.62 Å². The number of nitrogens with zero attached hydrogens (tertiary/aromatic N) is 2. The molecule has 0 aromatic heterocycles. The minimum Gasteiger partial charge on any atom is -0.303 e. The molecule has 0 aliphatic carbocycles. The van der Waals surface area contributed by atoms with E-state index in [2.05, 4.69) is 28.5 Å². The van der Waals surface area contributed by atoms with Crippen molar-refractivity contribution in [1.29, 1.82) is 0 Å². The molecule has 1 heterocycles. The Hall–Kier alpha value is -1.11. The van der Waals surface area contributed by atoms with E-state index in [1.807, 2.05) is 24.3 Å². The Morgan fingerprint density at radius 2 is 1.82 bits per heavy atom. The molecule has 6 heteroatoms. The van der Waals surface area contributed by atoms with Gasteiger partial charge in [0.1, 0.15) is 0 Å². The summed E-state index contributed by atoms with van der Waals surface area (Å²) in [5.74, 6) is 0. The highest BCUT2D eigenvalue weighted by molar-refractivity contribution is 7.92. The number of benzene rings is 1. The topological polar surface area (TPSA) is 52.6 Å². The third-order valence-electron chi connectivity index (χ3n) is 4.32. The van der Waals surface area contributed by atoms with E-state index < -0.39 is 10.0 Å². The molecule has 0 radical (unpaired) electrons. The molecule has 0 unspecified atom stereocenters. The molecular formula is C16H27N3O2S. The van der Waals surface area contributed by atoms with Crippen LogP contribution in [-0.2, 0) is 16.6 Å². The number of anilines is 1. The molecular weight excluding hydrogens is 298 g/mol. The van der Waals surface area contributed by atoms with Gasteiger partial charge in [0.15, 0.2) is 0 Å². The Labute approximate surface area is 134 Å². The number of nitrogens with one attached hydrogen (secondary N) is 1. The van der Waals surface area contributed by atoms with Crippen molar-refractivity contribution in [1.82, 2.24) is 9.80 Å². The van der Waals surface area contributed by atoms with Gasteiger partial charge in [0.05, 0.1) is 6.26 Å². The lowest BCUT2D eigenvalue weighted by molar-refractivity contribution is 0.127. The molecule has 22 heavy (non-hydrogen) atoms. The van der Waals surface area contributed by atoms with E-state index in [9.17, 15) is 8.42 Å². The highest BCUT2D eigenvalue weighted by Gasteiger charge is 2.21. The third-order valence-corrected chi connectivity index (χ3v) is 4.92. The standard InChI is InChI=1S/C16H27N3O2S/c1-4-19-11-9-16(10-12-19)18(2)13-14-5-7-15(8-6-14)17-22(3,20)21/h5-8,16-17H,4,9-13H2,1-3H3. The fourth-order valence-corrected chi connectivity index (χ4v) is 3.55. The number of rotatable bonds is 6. The Balaban J connectivity index is 1.88. The molecule has 1 aliphatic rings. The van der Waals surface area contributed by atoms with Crippen molar-refractivity contribution in [2.75, 3.05) is 37.7 Å². The maximum Gasteiger partial charge on any atom is 0.229 e. The van der Waals surface area contributed by atoms with Gasteiger partial charge in [-0.15, -0.1) is 0 Å². The zero-order chi connectivity index (χ0) is 16.2. The summed E-state index contributed by atoms with van der Waals surface area (Å²) in [5, 5.41) is 0. The van der Waals surface area contributed by atoms with Gasteiger partial charge in [-0.2, -0.15) is 0 Å². The summed E-state index contributed by atoms with van der Waals surface area (Å²) < 4.78 is 24.9. The second-order valence-electron chi connectivity index (χ2n) is 6.15. The smallest absolute Gasteiger partial charge is 0.229 e. The fourth-order valence-electron chi connectivity index (χ4n) is 2.99. The van der Waals surface area contributed by atoms with E-state index in [1.165, 1.54) is 31.5 Å². The van der Waals surface area contributed by atoms with Gasteiger partial charge in [0.25, 0.3) is 0 Å². The zero-order valence-electron chi connectivity index (χ0n) is 13.7. The first-order valence-corrected chi connectivity index (χ1v) is 9.76. The van der Waals surface area contributed by atoms with Crippen molar-refractivity contribution >= 4 is 15.7 Å². The zero-order valence-corrected chi connectivity index (χ0v) is 14.6. The summed E-state index contributed by atoms with van der Waals surface area (Å²) >= 11 is 0. The summed E-state index contributed by atoms with van der Waals surface area (Å²) in [4.78, 5) is 4.90. The van der Waals surface area contributed by atoms with Gasteiger partial charge in [-0.25, -0.2) is 8.42 Å². The molecule has 1 aliphatic heterocycles. The van der Waals surface area contributed by atoms with E-state index in [0.717, 1.165) is 19.3 Å². The molecule has 1 N–H and O–H groups in total. The number of piperidine rings is 1. The van der Waals surface area contributed by atoms with E-state index >= 15 is 0 Å². The van der Waals surface area contributed by atoms with Crippen LogP contribution in [-0.4, -0.2) is 57.2 Å². The van der Waals surface area contributed by atoms with Crippen LogP contribution < -0.4 is 4.72 Å². The predicted octanol–water partition coefficient (Wildman–Crippen LogP) is 1.97. The largest absolute Gasteiger partial charge is 0.303 e. The molecule has 1 aromatic rings. The monoisotopic (exact) mass is 325 g/mol. The highest BCUT2D eigenvalue weighted by atomic mass is 32.2. The SMILES string of the molecule is CCN1CCC(N(C)Cc2ccc(NS(C)(=O)=O)cc2)CC1. The number of hydrogen-bond donors (Lipinski definition) is 1. The lowest BCUT2D eigenvalue weighted by atomic mass is 10.0. The summed E-state index contributed by atoms with van der Waals surface area (Å²) in [7, 11) is -1.03. The van der Waals surface area contributed by atoms with Gasteiger partial charge >= 0.3 is 0 Å². The second kappa shape index (κ2) is 7.44. The van der Waals surface area contributed by atoms with Crippen LogP contribution in [0.1, 0.15) is 25.3 Å². The highest BCUT2D eigenvalue weighted by Crippen LogP contribution is 2.18. The molecule has 0 bridgehead atoms. The van der Waals surface area contributed by atoms with Crippen molar-refractivity contribution in [3.8, 4) is 0 Å². The van der Waals surface area contributed by atoms with Gasteiger partial charge in [0.2, 0.25) is 10.0 Å². The minimum absolute atomic E-state index is 0.616. The minimum atomic E-state index is -3.20. The molecule has 0 atom stereocenters. The summed E-state index contributed by atoms with van der Waals surface area (Å²) in [6.45, 7) is 6.63. The maximum atomic E-state index is 11.2. The van der Waals surface area contributed by atoms with Crippen LogP contribution in [0.5, 0.6) is 0 Å². The quantitative estimate of drug-likeness (QED) is 0.869. The number of sulfonamides is 1. The average molecular weight is 325 g/mol. The molecule has 1 aromatic carbocycles. The first kappa shape index (κ1) is 17.2. The van der Waals surface area contributed by atoms with Crippen molar-refractivity contribution < 1.29 is 8.42 Å². The Morgan fingerprint density at radius 1 is 1.23 bits per heavy atom. The normalized spacial score (nSPS) is 17.8. The average Bonchev–Trinajstić information content (AvgIpc) is 2.48. The molecule has 124 valence electrons. The van der Waals surface area contributed by atoms with E-state index in [0.29, 0.717) is 11.7 Å². The fraction of sp³-hybridized carbons (Fsp3) is 0.625. The molecule has 5 nitrogen and oxygen atoms in total. The summed E-state index contributed by atoms with van der Waals surface area (Å²) in [6.07, 6.45) is 3.60. The van der Waals surface area contributed by atoms with Gasteiger partial charge in [0, 0.05) is 18.3 Å². The predicted molar refractivity (Wildman–Crippen MR) is 91.5 cm³/mol. The Kier molecular flexibility index (Phi) is 5.83. The van der Waals surface area contributed by atoms with Crippen LogP contribution in [0.15, 0.2) is 24.3 Å². The van der Waals surface area contributed by atoms with Gasteiger partial charge < -0.3 is 4.90 Å². The van der Waals surface area contributed by atoms with Crippen LogP contribution in [0.25, 0.3) is 0 Å². The van der Waals surface area contributed by atoms with E-state index in [-0.39, 0.29) is 0 Å². The first-order valence-electron chi connectivity index (χ1n) is 7.86. The lowest BCUT2D eigenvalue weighted by Crippen LogP contribution is -2.42. The van der Waals surface area contributed by atoms with Crippen molar-refractivity contribution in [2.24, 2.45) is 0 Å². The first-order chi connectivity index (χ1) is 10.4. The molecule has 0 spiro atoms. The number of likely N-dealkylation sites (tertiary alicyclic amines) is 1.